The van der Waals surface area contributed by atoms with Crippen LogP contribution in [0.3, 0.4) is 0 Å². The molecule has 2 rings (SSSR count). The molecule has 0 heterocycles. The highest BCUT2D eigenvalue weighted by molar-refractivity contribution is 5.91. The van der Waals surface area contributed by atoms with Crippen molar-refractivity contribution in [3.63, 3.8) is 0 Å². The van der Waals surface area contributed by atoms with Gasteiger partial charge in [0.05, 0.1) is 5.56 Å². The zero-order valence-electron chi connectivity index (χ0n) is 11.8. The van der Waals surface area contributed by atoms with Crippen molar-refractivity contribution in [3.05, 3.63) is 64.7 Å². The minimum absolute atomic E-state index is 0.284. The molecule has 0 saturated carbocycles. The molecule has 20 heavy (non-hydrogen) atoms. The normalized spacial score (nSPS) is 10.3. The van der Waals surface area contributed by atoms with Crippen molar-refractivity contribution in [2.24, 2.45) is 0 Å². The van der Waals surface area contributed by atoms with Crippen molar-refractivity contribution < 1.29 is 9.53 Å². The van der Waals surface area contributed by atoms with Crippen LogP contribution in [0.4, 0.5) is 5.69 Å². The number of rotatable bonds is 4. The van der Waals surface area contributed by atoms with Gasteiger partial charge in [0.2, 0.25) is 0 Å². The smallest absolute Gasteiger partial charge is 0.338 e. The molecule has 0 atom stereocenters. The summed E-state index contributed by atoms with van der Waals surface area (Å²) in [5.41, 5.74) is 9.97. The lowest BCUT2D eigenvalue weighted by Gasteiger charge is -2.08. The molecule has 0 spiro atoms. The molecule has 0 fully saturated rings. The lowest BCUT2D eigenvalue weighted by atomic mass is 10.1. The van der Waals surface area contributed by atoms with E-state index in [1.807, 2.05) is 19.1 Å². The summed E-state index contributed by atoms with van der Waals surface area (Å²) in [6, 6.07) is 13.3. The fraction of sp³-hybridized carbons (Fsp3) is 0.235. The zero-order chi connectivity index (χ0) is 14.5. The van der Waals surface area contributed by atoms with Gasteiger partial charge in [0.25, 0.3) is 0 Å². The molecule has 0 aromatic heterocycles. The Morgan fingerprint density at radius 2 is 1.75 bits per heavy atom. The summed E-state index contributed by atoms with van der Waals surface area (Å²) in [6.07, 6.45) is 1.00. The highest BCUT2D eigenvalue weighted by atomic mass is 16.5. The van der Waals surface area contributed by atoms with Crippen LogP contribution in [0.25, 0.3) is 0 Å². The van der Waals surface area contributed by atoms with Crippen molar-refractivity contribution >= 4 is 11.7 Å². The number of esters is 1. The second-order valence-corrected chi connectivity index (χ2v) is 4.82. The Balaban J connectivity index is 2.00. The van der Waals surface area contributed by atoms with Crippen LogP contribution in [0, 0.1) is 6.92 Å². The number of anilines is 1. The topological polar surface area (TPSA) is 52.3 Å². The van der Waals surface area contributed by atoms with Crippen LogP contribution in [0.1, 0.15) is 34.0 Å². The first-order valence-corrected chi connectivity index (χ1v) is 6.71. The standard InChI is InChI=1S/C17H19NO2/c1-3-13-4-6-14(7-5-13)11-20-17(19)16-9-8-15(18)10-12(16)2/h4-10H,3,11,18H2,1-2H3. The average Bonchev–Trinajstić information content (AvgIpc) is 2.45. The summed E-state index contributed by atoms with van der Waals surface area (Å²) in [5.74, 6) is -0.318. The van der Waals surface area contributed by atoms with E-state index in [-0.39, 0.29) is 12.6 Å². The number of carbonyl (C=O) groups is 1. The highest BCUT2D eigenvalue weighted by Gasteiger charge is 2.10. The van der Waals surface area contributed by atoms with Crippen molar-refractivity contribution in [2.75, 3.05) is 5.73 Å². The van der Waals surface area contributed by atoms with Gasteiger partial charge in [-0.3, -0.25) is 0 Å². The van der Waals surface area contributed by atoms with Crippen molar-refractivity contribution in [3.8, 4) is 0 Å². The third-order valence-corrected chi connectivity index (χ3v) is 3.27. The Morgan fingerprint density at radius 1 is 1.10 bits per heavy atom. The molecule has 0 aliphatic heterocycles. The Bertz CT molecular complexity index is 603. The number of nitrogens with two attached hydrogens (primary N) is 1. The van der Waals surface area contributed by atoms with E-state index in [1.165, 1.54) is 5.56 Å². The third-order valence-electron chi connectivity index (χ3n) is 3.27. The second-order valence-electron chi connectivity index (χ2n) is 4.82. The lowest BCUT2D eigenvalue weighted by molar-refractivity contribution is 0.0472. The number of aryl methyl sites for hydroxylation is 2. The molecule has 3 heteroatoms. The van der Waals surface area contributed by atoms with Crippen LogP contribution in [0.2, 0.25) is 0 Å². The van der Waals surface area contributed by atoms with Crippen LogP contribution >= 0.6 is 0 Å². The van der Waals surface area contributed by atoms with E-state index < -0.39 is 0 Å². The lowest BCUT2D eigenvalue weighted by Crippen LogP contribution is -2.07. The Kier molecular flexibility index (Phi) is 4.41. The largest absolute Gasteiger partial charge is 0.457 e. The van der Waals surface area contributed by atoms with E-state index in [1.54, 1.807) is 18.2 Å². The molecular formula is C17H19NO2. The molecule has 104 valence electrons. The molecule has 0 amide bonds. The Hall–Kier alpha value is -2.29. The first kappa shape index (κ1) is 14.1. The minimum Gasteiger partial charge on any atom is -0.457 e. The number of nitrogen functional groups attached to an aromatic ring is 1. The molecule has 2 aromatic carbocycles. The number of hydrogen-bond acceptors (Lipinski definition) is 3. The average molecular weight is 269 g/mol. The van der Waals surface area contributed by atoms with E-state index in [9.17, 15) is 4.79 Å². The molecule has 2 N–H and O–H groups in total. The first-order chi connectivity index (χ1) is 9.60. The van der Waals surface area contributed by atoms with Gasteiger partial charge in [0.15, 0.2) is 0 Å². The molecule has 0 saturated heterocycles. The summed E-state index contributed by atoms with van der Waals surface area (Å²) in [5, 5.41) is 0. The predicted molar refractivity (Wildman–Crippen MR) is 80.5 cm³/mol. The van der Waals surface area contributed by atoms with Crippen molar-refractivity contribution in [2.45, 2.75) is 26.9 Å². The van der Waals surface area contributed by atoms with E-state index in [0.29, 0.717) is 11.3 Å². The van der Waals surface area contributed by atoms with Gasteiger partial charge in [-0.1, -0.05) is 31.2 Å². The molecular weight excluding hydrogens is 250 g/mol. The van der Waals surface area contributed by atoms with Gasteiger partial charge in [-0.05, 0) is 48.2 Å². The maximum absolute atomic E-state index is 12.0. The zero-order valence-corrected chi connectivity index (χ0v) is 11.8. The summed E-state index contributed by atoms with van der Waals surface area (Å²) in [6.45, 7) is 4.24. The maximum atomic E-state index is 12.0. The van der Waals surface area contributed by atoms with Gasteiger partial charge in [0, 0.05) is 5.69 Å². The monoisotopic (exact) mass is 269 g/mol. The van der Waals surface area contributed by atoms with Gasteiger partial charge in [0.1, 0.15) is 6.61 Å². The quantitative estimate of drug-likeness (QED) is 0.682. The van der Waals surface area contributed by atoms with Gasteiger partial charge < -0.3 is 10.5 Å². The Labute approximate surface area is 119 Å². The third kappa shape index (κ3) is 3.38. The molecule has 3 nitrogen and oxygen atoms in total. The number of hydrogen-bond donors (Lipinski definition) is 1. The first-order valence-electron chi connectivity index (χ1n) is 6.71. The van der Waals surface area contributed by atoms with Crippen LogP contribution in [0.5, 0.6) is 0 Å². The van der Waals surface area contributed by atoms with Crippen molar-refractivity contribution in [1.82, 2.24) is 0 Å². The number of carbonyl (C=O) groups excluding carboxylic acids is 1. The molecule has 0 unspecified atom stereocenters. The molecule has 2 aromatic rings. The summed E-state index contributed by atoms with van der Waals surface area (Å²) >= 11 is 0. The van der Waals surface area contributed by atoms with E-state index in [4.69, 9.17) is 10.5 Å². The van der Waals surface area contributed by atoms with Gasteiger partial charge in [-0.15, -0.1) is 0 Å². The second kappa shape index (κ2) is 6.24. The Morgan fingerprint density at radius 3 is 2.35 bits per heavy atom. The maximum Gasteiger partial charge on any atom is 0.338 e. The van der Waals surface area contributed by atoms with E-state index in [0.717, 1.165) is 17.5 Å². The van der Waals surface area contributed by atoms with Crippen LogP contribution in [0.15, 0.2) is 42.5 Å². The van der Waals surface area contributed by atoms with Gasteiger partial charge in [-0.25, -0.2) is 4.79 Å². The molecule has 0 aliphatic carbocycles. The summed E-state index contributed by atoms with van der Waals surface area (Å²) in [7, 11) is 0. The van der Waals surface area contributed by atoms with Crippen LogP contribution < -0.4 is 5.73 Å². The van der Waals surface area contributed by atoms with E-state index >= 15 is 0 Å². The SMILES string of the molecule is CCc1ccc(COC(=O)c2ccc(N)cc2C)cc1. The minimum atomic E-state index is -0.318. The van der Waals surface area contributed by atoms with Gasteiger partial charge >= 0.3 is 5.97 Å². The molecule has 0 radical (unpaired) electrons. The number of ether oxygens (including phenoxy) is 1. The number of benzene rings is 2. The van der Waals surface area contributed by atoms with E-state index in [2.05, 4.69) is 19.1 Å². The van der Waals surface area contributed by atoms with Crippen LogP contribution in [-0.2, 0) is 17.8 Å². The fourth-order valence-corrected chi connectivity index (χ4v) is 2.01. The van der Waals surface area contributed by atoms with Crippen molar-refractivity contribution in [1.29, 1.82) is 0 Å². The highest BCUT2D eigenvalue weighted by Crippen LogP contribution is 2.15. The molecule has 0 aliphatic rings. The van der Waals surface area contributed by atoms with Crippen LogP contribution in [-0.4, -0.2) is 5.97 Å². The summed E-state index contributed by atoms with van der Waals surface area (Å²) < 4.78 is 5.33. The fourth-order valence-electron chi connectivity index (χ4n) is 2.01. The summed E-state index contributed by atoms with van der Waals surface area (Å²) in [4.78, 5) is 12.0. The van der Waals surface area contributed by atoms with Gasteiger partial charge in [-0.2, -0.15) is 0 Å². The predicted octanol–water partition coefficient (Wildman–Crippen LogP) is 3.50. The molecule has 0 bridgehead atoms.